The molecule has 0 unspecified atom stereocenters. The van der Waals surface area contributed by atoms with E-state index in [9.17, 15) is 9.59 Å². The number of aryl methyl sites for hydroxylation is 1. The molecule has 0 radical (unpaired) electrons. The summed E-state index contributed by atoms with van der Waals surface area (Å²) in [6.07, 6.45) is 1.28. The van der Waals surface area contributed by atoms with E-state index < -0.39 is 5.97 Å². The summed E-state index contributed by atoms with van der Waals surface area (Å²) < 4.78 is 0. The highest BCUT2D eigenvalue weighted by atomic mass is 35.5. The van der Waals surface area contributed by atoms with Gasteiger partial charge in [0.2, 0.25) is 5.78 Å². The van der Waals surface area contributed by atoms with Crippen LogP contribution in [0.15, 0.2) is 36.5 Å². The van der Waals surface area contributed by atoms with Gasteiger partial charge in [0.1, 0.15) is 5.69 Å². The fraction of sp³-hybridized carbons (Fsp3) is 0.118. The molecule has 0 fully saturated rings. The molecule has 0 aliphatic carbocycles. The number of nitrogens with zero attached hydrogens (tertiary/aromatic N) is 1. The SMILES string of the molecule is Cc1ccnc(C(=O)c2[nH]c3ccc(Cl)cc3c2CC(=O)O)c1. The summed E-state index contributed by atoms with van der Waals surface area (Å²) in [6.45, 7) is 1.86. The fourth-order valence-corrected chi connectivity index (χ4v) is 2.71. The molecule has 23 heavy (non-hydrogen) atoms. The molecule has 2 aromatic heterocycles. The minimum atomic E-state index is -1.02. The Morgan fingerprint density at radius 3 is 2.74 bits per heavy atom. The topological polar surface area (TPSA) is 83.0 Å². The van der Waals surface area contributed by atoms with Crippen molar-refractivity contribution >= 4 is 34.3 Å². The number of carbonyl (C=O) groups excluding carboxylic acids is 1. The molecule has 3 aromatic rings. The predicted octanol–water partition coefficient (Wildman–Crippen LogP) is 3.38. The van der Waals surface area contributed by atoms with Gasteiger partial charge in [-0.25, -0.2) is 0 Å². The van der Waals surface area contributed by atoms with Crippen molar-refractivity contribution in [2.45, 2.75) is 13.3 Å². The quantitative estimate of drug-likeness (QED) is 0.719. The van der Waals surface area contributed by atoms with Crippen LogP contribution in [0.2, 0.25) is 5.02 Å². The minimum absolute atomic E-state index is 0.239. The van der Waals surface area contributed by atoms with Crippen LogP contribution in [0.5, 0.6) is 0 Å². The first kappa shape index (κ1) is 15.2. The lowest BCUT2D eigenvalue weighted by Gasteiger charge is -2.03. The van der Waals surface area contributed by atoms with Gasteiger partial charge < -0.3 is 10.1 Å². The number of halogens is 1. The number of carboxylic acid groups (broad SMARTS) is 1. The molecule has 0 amide bonds. The number of aromatic amines is 1. The fourth-order valence-electron chi connectivity index (χ4n) is 2.54. The van der Waals surface area contributed by atoms with E-state index in [2.05, 4.69) is 9.97 Å². The Morgan fingerprint density at radius 1 is 1.26 bits per heavy atom. The minimum Gasteiger partial charge on any atom is -0.481 e. The molecule has 0 spiro atoms. The summed E-state index contributed by atoms with van der Waals surface area (Å²) in [7, 11) is 0. The maximum Gasteiger partial charge on any atom is 0.307 e. The van der Waals surface area contributed by atoms with E-state index in [1.54, 1.807) is 36.5 Å². The van der Waals surface area contributed by atoms with E-state index in [-0.39, 0.29) is 23.6 Å². The van der Waals surface area contributed by atoms with Crippen LogP contribution in [-0.2, 0) is 11.2 Å². The second-order valence-corrected chi connectivity index (χ2v) is 5.72. The van der Waals surface area contributed by atoms with Crippen LogP contribution in [0, 0.1) is 6.92 Å². The van der Waals surface area contributed by atoms with Gasteiger partial charge >= 0.3 is 5.97 Å². The number of H-pyrrole nitrogens is 1. The highest BCUT2D eigenvalue weighted by Crippen LogP contribution is 2.27. The Hall–Kier alpha value is -2.66. The molecule has 2 N–H and O–H groups in total. The first-order valence-electron chi connectivity index (χ1n) is 6.95. The number of aromatic nitrogens is 2. The second kappa shape index (κ2) is 5.85. The lowest BCUT2D eigenvalue weighted by Crippen LogP contribution is -2.10. The van der Waals surface area contributed by atoms with Crippen molar-refractivity contribution in [3.05, 3.63) is 64.1 Å². The molecule has 2 heterocycles. The van der Waals surface area contributed by atoms with Gasteiger partial charge in [0, 0.05) is 27.7 Å². The van der Waals surface area contributed by atoms with Gasteiger partial charge in [-0.2, -0.15) is 0 Å². The van der Waals surface area contributed by atoms with E-state index >= 15 is 0 Å². The number of aliphatic carboxylic acids is 1. The number of hydrogen-bond acceptors (Lipinski definition) is 3. The van der Waals surface area contributed by atoms with Gasteiger partial charge in [0.05, 0.1) is 12.1 Å². The first-order chi connectivity index (χ1) is 11.0. The standard InChI is InChI=1S/C17H13ClN2O3/c1-9-4-5-19-14(6-9)17(23)16-12(8-15(21)22)11-7-10(18)2-3-13(11)20-16/h2-7,20H,8H2,1H3,(H,21,22). The average molecular weight is 329 g/mol. The third kappa shape index (κ3) is 2.96. The number of fused-ring (bicyclic) bond motifs is 1. The zero-order chi connectivity index (χ0) is 16.6. The van der Waals surface area contributed by atoms with Crippen LogP contribution in [0.3, 0.4) is 0 Å². The Kier molecular flexibility index (Phi) is 3.88. The third-order valence-corrected chi connectivity index (χ3v) is 3.81. The van der Waals surface area contributed by atoms with Crippen LogP contribution in [0.4, 0.5) is 0 Å². The Balaban J connectivity index is 2.19. The number of carboxylic acids is 1. The Bertz CT molecular complexity index is 931. The molecule has 5 nitrogen and oxygen atoms in total. The van der Waals surface area contributed by atoms with Crippen molar-refractivity contribution in [1.82, 2.24) is 9.97 Å². The summed E-state index contributed by atoms with van der Waals surface area (Å²) >= 11 is 6.00. The smallest absolute Gasteiger partial charge is 0.307 e. The predicted molar refractivity (Wildman–Crippen MR) is 87.1 cm³/mol. The van der Waals surface area contributed by atoms with Crippen LogP contribution >= 0.6 is 11.6 Å². The van der Waals surface area contributed by atoms with Crippen LogP contribution in [0.1, 0.15) is 27.3 Å². The van der Waals surface area contributed by atoms with Gasteiger partial charge in [-0.15, -0.1) is 0 Å². The van der Waals surface area contributed by atoms with Crippen molar-refractivity contribution < 1.29 is 14.7 Å². The number of ketones is 1. The van der Waals surface area contributed by atoms with E-state index in [0.717, 1.165) is 5.56 Å². The van der Waals surface area contributed by atoms with Gasteiger partial charge in [-0.1, -0.05) is 11.6 Å². The van der Waals surface area contributed by atoms with Gasteiger partial charge in [-0.05, 0) is 42.8 Å². The van der Waals surface area contributed by atoms with Gasteiger partial charge in [0.25, 0.3) is 0 Å². The number of carbonyl (C=O) groups is 2. The number of nitrogens with one attached hydrogen (secondary N) is 1. The molecule has 0 atom stereocenters. The Labute approximate surface area is 136 Å². The maximum absolute atomic E-state index is 12.7. The molecule has 0 saturated carbocycles. The molecular formula is C17H13ClN2O3. The molecule has 1 aromatic carbocycles. The molecule has 0 bridgehead atoms. The summed E-state index contributed by atoms with van der Waals surface area (Å²) in [5.74, 6) is -1.35. The van der Waals surface area contributed by atoms with Crippen LogP contribution in [-0.4, -0.2) is 26.8 Å². The largest absolute Gasteiger partial charge is 0.481 e. The van der Waals surface area contributed by atoms with Crippen LogP contribution < -0.4 is 0 Å². The number of benzene rings is 1. The zero-order valence-corrected chi connectivity index (χ0v) is 13.0. The van der Waals surface area contributed by atoms with E-state index in [4.69, 9.17) is 16.7 Å². The summed E-state index contributed by atoms with van der Waals surface area (Å²) in [4.78, 5) is 31.0. The van der Waals surface area contributed by atoms with Crippen molar-refractivity contribution in [1.29, 1.82) is 0 Å². The zero-order valence-electron chi connectivity index (χ0n) is 12.3. The maximum atomic E-state index is 12.7. The third-order valence-electron chi connectivity index (χ3n) is 3.57. The van der Waals surface area contributed by atoms with Crippen LogP contribution in [0.25, 0.3) is 10.9 Å². The molecule has 116 valence electrons. The second-order valence-electron chi connectivity index (χ2n) is 5.29. The van der Waals surface area contributed by atoms with Crippen molar-refractivity contribution in [3.8, 4) is 0 Å². The molecule has 0 saturated heterocycles. The molecule has 0 aliphatic heterocycles. The number of rotatable bonds is 4. The average Bonchev–Trinajstić information content (AvgIpc) is 2.84. The summed E-state index contributed by atoms with van der Waals surface area (Å²) in [6, 6.07) is 8.53. The summed E-state index contributed by atoms with van der Waals surface area (Å²) in [5, 5.41) is 10.3. The highest BCUT2D eigenvalue weighted by Gasteiger charge is 2.22. The normalized spacial score (nSPS) is 10.9. The lowest BCUT2D eigenvalue weighted by molar-refractivity contribution is -0.136. The molecular weight excluding hydrogens is 316 g/mol. The summed E-state index contributed by atoms with van der Waals surface area (Å²) in [5.41, 5.74) is 2.50. The van der Waals surface area contributed by atoms with Crippen molar-refractivity contribution in [3.63, 3.8) is 0 Å². The van der Waals surface area contributed by atoms with E-state index in [1.165, 1.54) is 0 Å². The number of pyridine rings is 1. The highest BCUT2D eigenvalue weighted by molar-refractivity contribution is 6.31. The number of hydrogen-bond donors (Lipinski definition) is 2. The van der Waals surface area contributed by atoms with Gasteiger partial charge in [-0.3, -0.25) is 14.6 Å². The molecule has 6 heteroatoms. The monoisotopic (exact) mass is 328 g/mol. The lowest BCUT2D eigenvalue weighted by atomic mass is 10.0. The Morgan fingerprint density at radius 2 is 2.04 bits per heavy atom. The van der Waals surface area contributed by atoms with Crippen molar-refractivity contribution in [2.75, 3.05) is 0 Å². The van der Waals surface area contributed by atoms with E-state index in [1.807, 2.05) is 6.92 Å². The van der Waals surface area contributed by atoms with E-state index in [0.29, 0.717) is 21.5 Å². The van der Waals surface area contributed by atoms with Crippen molar-refractivity contribution in [2.24, 2.45) is 0 Å². The molecule has 0 aliphatic rings. The molecule has 3 rings (SSSR count). The van der Waals surface area contributed by atoms with Gasteiger partial charge in [0.15, 0.2) is 0 Å². The first-order valence-corrected chi connectivity index (χ1v) is 7.33.